The van der Waals surface area contributed by atoms with E-state index in [1.54, 1.807) is 0 Å². The van der Waals surface area contributed by atoms with E-state index < -0.39 is 0 Å². The van der Waals surface area contributed by atoms with Crippen molar-refractivity contribution in [2.24, 2.45) is 0 Å². The summed E-state index contributed by atoms with van der Waals surface area (Å²) in [5.74, 6) is 3.20. The largest absolute Gasteiger partial charge is 2.00 e. The SMILES string of the molecule is Cc1ccc2nc(C)c3c4cc(Oc5[c-]c(-c6nc7ccccc7n6-c6c(C(C)C)cc(-c7ccccc7)cc6C(C)C)ccc5)[c-]c(-c5nc6ccccc6n5-c5c(C(C)C)cc(-c6ccccc6)cc5C(C)C)c4oc3c2n1.[Pt+2]. The molecule has 0 spiro atoms. The third-order valence-corrected chi connectivity index (χ3v) is 15.6. The first-order valence-corrected chi connectivity index (χ1v) is 28.0. The second-order valence-corrected chi connectivity index (χ2v) is 22.5. The summed E-state index contributed by atoms with van der Waals surface area (Å²) in [7, 11) is 0. The second-order valence-electron chi connectivity index (χ2n) is 22.5. The Kier molecular flexibility index (Phi) is 13.9. The van der Waals surface area contributed by atoms with Crippen LogP contribution in [0.25, 0.3) is 111 Å². The van der Waals surface area contributed by atoms with Crippen molar-refractivity contribution in [2.45, 2.75) is 92.9 Å². The van der Waals surface area contributed by atoms with Gasteiger partial charge in [-0.25, -0.2) is 4.98 Å². The first kappa shape index (κ1) is 53.2. The summed E-state index contributed by atoms with van der Waals surface area (Å²) >= 11 is 0. The quantitative estimate of drug-likeness (QED) is 0.113. The van der Waals surface area contributed by atoms with E-state index in [1.165, 1.54) is 44.5 Å². The monoisotopic (exact) mass is 1240 g/mol. The Bertz CT molecular complexity index is 4490. The second kappa shape index (κ2) is 21.2. The molecule has 0 atom stereocenters. The fourth-order valence-electron chi connectivity index (χ4n) is 11.7. The van der Waals surface area contributed by atoms with Gasteiger partial charge in [0.1, 0.15) is 5.52 Å². The van der Waals surface area contributed by atoms with Crippen LogP contribution in [-0.2, 0) is 21.1 Å². The first-order chi connectivity index (χ1) is 38.8. The van der Waals surface area contributed by atoms with E-state index in [0.29, 0.717) is 39.6 Å². The van der Waals surface area contributed by atoms with Gasteiger partial charge in [0.2, 0.25) is 0 Å². The standard InChI is InChI=1S/C72H62N6O2.Pt/c1-41(2)54-35-50(47-22-13-11-14-23-47)36-55(42(3)4)67(54)77-63-30-19-17-28-60(63)75-71(77)49-26-21-27-52(34-49)79-53-39-58-65-46(10)74-62-33-32-45(9)73-66(62)70(65)80-69(58)59(40-53)72-76-61-29-18-20-31-64(61)78(72)68-56(43(5)6)37-51(38-57(68)44(7)8)48-24-15-12-16-25-48;/h11-33,35-39,41-44H,1-10H3;/q-2;+2. The molecule has 0 amide bonds. The average molecular weight is 1240 g/mol. The zero-order valence-corrected chi connectivity index (χ0v) is 49.6. The molecule has 0 bridgehead atoms. The number of hydrogen-bond acceptors (Lipinski definition) is 6. The number of fused-ring (bicyclic) bond motifs is 7. The molecule has 0 fully saturated rings. The molecule has 81 heavy (non-hydrogen) atoms. The summed E-state index contributed by atoms with van der Waals surface area (Å²) in [5, 5.41) is 1.68. The van der Waals surface area contributed by atoms with Crippen molar-refractivity contribution in [3.8, 4) is 67.9 Å². The van der Waals surface area contributed by atoms with Crippen molar-refractivity contribution in [2.75, 3.05) is 0 Å². The molecule has 402 valence electrons. The molecule has 0 aliphatic heterocycles. The van der Waals surface area contributed by atoms with E-state index in [2.05, 4.69) is 210 Å². The summed E-state index contributed by atoms with van der Waals surface area (Å²) in [6.45, 7) is 22.3. The zero-order chi connectivity index (χ0) is 55.1. The Balaban J connectivity index is 0.00000651. The van der Waals surface area contributed by atoms with Gasteiger partial charge >= 0.3 is 21.1 Å². The van der Waals surface area contributed by atoms with E-state index in [0.717, 1.165) is 72.5 Å². The van der Waals surface area contributed by atoms with Gasteiger partial charge in [0.15, 0.2) is 5.58 Å². The van der Waals surface area contributed by atoms with Gasteiger partial charge < -0.3 is 18.3 Å². The molecule has 13 aromatic rings. The van der Waals surface area contributed by atoms with E-state index >= 15 is 0 Å². The minimum Gasteiger partial charge on any atom is -0.498 e. The molecule has 0 aliphatic carbocycles. The van der Waals surface area contributed by atoms with Gasteiger partial charge in [-0.3, -0.25) is 15.0 Å². The van der Waals surface area contributed by atoms with E-state index in [9.17, 15) is 0 Å². The van der Waals surface area contributed by atoms with Gasteiger partial charge in [0.25, 0.3) is 0 Å². The van der Waals surface area contributed by atoms with Crippen molar-refractivity contribution >= 4 is 55.0 Å². The van der Waals surface area contributed by atoms with Gasteiger partial charge in [-0.2, -0.15) is 0 Å². The topological polar surface area (TPSA) is 83.8 Å². The Morgan fingerprint density at radius 3 is 1.49 bits per heavy atom. The van der Waals surface area contributed by atoms with Crippen molar-refractivity contribution in [3.05, 3.63) is 216 Å². The maximum Gasteiger partial charge on any atom is 2.00 e. The van der Waals surface area contributed by atoms with Crippen molar-refractivity contribution in [1.82, 2.24) is 29.1 Å². The smallest absolute Gasteiger partial charge is 0.498 e. The van der Waals surface area contributed by atoms with E-state index in [1.807, 2.05) is 50.2 Å². The van der Waals surface area contributed by atoms with Crippen LogP contribution in [0.5, 0.6) is 11.5 Å². The number of furan rings is 1. The number of aryl methyl sites for hydroxylation is 2. The summed E-state index contributed by atoms with van der Waals surface area (Å²) < 4.78 is 19.0. The number of nitrogens with zero attached hydrogens (tertiary/aromatic N) is 6. The van der Waals surface area contributed by atoms with Gasteiger partial charge in [0, 0.05) is 39.6 Å². The van der Waals surface area contributed by atoms with Crippen LogP contribution in [-0.4, -0.2) is 29.1 Å². The Morgan fingerprint density at radius 2 is 0.951 bits per heavy atom. The maximum absolute atomic E-state index is 7.20. The predicted octanol–water partition coefficient (Wildman–Crippen LogP) is 19.4. The molecule has 9 heteroatoms. The molecule has 0 aliphatic rings. The molecule has 0 saturated heterocycles. The molecule has 13 rings (SSSR count). The first-order valence-electron chi connectivity index (χ1n) is 28.0. The van der Waals surface area contributed by atoms with Crippen LogP contribution >= 0.6 is 0 Å². The summed E-state index contributed by atoms with van der Waals surface area (Å²) in [6.07, 6.45) is 0. The molecule has 8 aromatic carbocycles. The fraction of sp³-hybridized carbons (Fsp3) is 0.194. The number of hydrogen-bond donors (Lipinski definition) is 0. The van der Waals surface area contributed by atoms with Crippen LogP contribution in [0.3, 0.4) is 0 Å². The zero-order valence-electron chi connectivity index (χ0n) is 47.3. The number of benzene rings is 8. The Labute approximate surface area is 487 Å². The van der Waals surface area contributed by atoms with Gasteiger partial charge in [-0.1, -0.05) is 164 Å². The molecule has 0 saturated carbocycles. The molecular formula is C72H62N6O2Pt. The average Bonchev–Trinajstić information content (AvgIpc) is 4.13. The third kappa shape index (κ3) is 9.33. The van der Waals surface area contributed by atoms with Crippen LogP contribution < -0.4 is 4.74 Å². The predicted molar refractivity (Wildman–Crippen MR) is 328 cm³/mol. The molecular weight excluding hydrogens is 1180 g/mol. The Morgan fingerprint density at radius 1 is 0.444 bits per heavy atom. The van der Waals surface area contributed by atoms with Crippen LogP contribution in [0.1, 0.15) is 113 Å². The van der Waals surface area contributed by atoms with Gasteiger partial charge in [0.05, 0.1) is 44.8 Å². The Hall–Kier alpha value is -8.45. The number of aromatic nitrogens is 6. The van der Waals surface area contributed by atoms with Crippen LogP contribution in [0.15, 0.2) is 174 Å². The minimum atomic E-state index is 0. The van der Waals surface area contributed by atoms with Crippen LogP contribution in [0.4, 0.5) is 0 Å². The third-order valence-electron chi connectivity index (χ3n) is 15.6. The number of rotatable bonds is 12. The van der Waals surface area contributed by atoms with Crippen molar-refractivity contribution in [1.29, 1.82) is 0 Å². The minimum absolute atomic E-state index is 0. The van der Waals surface area contributed by atoms with Crippen LogP contribution in [0, 0.1) is 26.0 Å². The maximum atomic E-state index is 7.20. The molecule has 0 unspecified atom stereocenters. The van der Waals surface area contributed by atoms with E-state index in [-0.39, 0.29) is 44.7 Å². The molecule has 0 N–H and O–H groups in total. The number of para-hydroxylation sites is 4. The van der Waals surface area contributed by atoms with Crippen molar-refractivity contribution in [3.63, 3.8) is 0 Å². The molecule has 8 nitrogen and oxygen atoms in total. The summed E-state index contributed by atoms with van der Waals surface area (Å²) in [4.78, 5) is 21.1. The van der Waals surface area contributed by atoms with Crippen LogP contribution in [0.2, 0.25) is 0 Å². The van der Waals surface area contributed by atoms with Gasteiger partial charge in [-0.05, 0) is 148 Å². The summed E-state index contributed by atoms with van der Waals surface area (Å²) in [5.41, 5.74) is 21.5. The molecule has 5 heterocycles. The molecule has 5 aromatic heterocycles. The van der Waals surface area contributed by atoms with Gasteiger partial charge in [-0.15, -0.1) is 23.8 Å². The fourth-order valence-corrected chi connectivity index (χ4v) is 11.7. The van der Waals surface area contributed by atoms with E-state index in [4.69, 9.17) is 29.1 Å². The number of imidazole rings is 2. The number of pyridine rings is 2. The molecule has 0 radical (unpaired) electrons. The number of ether oxygens (including phenoxy) is 1. The van der Waals surface area contributed by atoms with Crippen molar-refractivity contribution < 1.29 is 30.2 Å². The summed E-state index contributed by atoms with van der Waals surface area (Å²) in [6, 6.07) is 67.2. The normalized spacial score (nSPS) is 11.9.